The van der Waals surface area contributed by atoms with E-state index in [1.165, 1.54) is 0 Å². The zero-order valence-corrected chi connectivity index (χ0v) is 13.3. The van der Waals surface area contributed by atoms with Crippen LogP contribution in [-0.4, -0.2) is 26.4 Å². The first-order chi connectivity index (χ1) is 9.67. The predicted molar refractivity (Wildman–Crippen MR) is 83.0 cm³/mol. The van der Waals surface area contributed by atoms with Crippen LogP contribution in [0.1, 0.15) is 33.4 Å². The maximum Gasteiger partial charge on any atom is 0.310 e. The number of nitrogens with zero attached hydrogens (tertiary/aromatic N) is 2. The van der Waals surface area contributed by atoms with Crippen LogP contribution in [0.3, 0.4) is 0 Å². The molecular weight excluding hydrogens is 266 g/mol. The zero-order chi connectivity index (χ0) is 15.8. The number of nitrogens with one attached hydrogen (secondary N) is 1. The van der Waals surface area contributed by atoms with E-state index in [0.717, 1.165) is 16.6 Å². The smallest absolute Gasteiger partial charge is 0.310 e. The average molecular weight is 289 g/mol. The predicted octanol–water partition coefficient (Wildman–Crippen LogP) is 2.55. The molecule has 0 atom stereocenters. The number of hydrogen-bond donors (Lipinski definition) is 2. The molecule has 0 saturated heterocycles. The fraction of sp³-hybridized carbons (Fsp3) is 0.500. The number of benzene rings is 1. The van der Waals surface area contributed by atoms with Crippen molar-refractivity contribution >= 4 is 16.9 Å². The Bertz CT molecular complexity index is 671. The van der Waals surface area contributed by atoms with Crippen LogP contribution in [0.2, 0.25) is 0 Å². The van der Waals surface area contributed by atoms with E-state index in [1.54, 1.807) is 13.8 Å². The van der Waals surface area contributed by atoms with Gasteiger partial charge in [0.25, 0.3) is 0 Å². The Morgan fingerprint density at radius 1 is 1.29 bits per heavy atom. The molecule has 1 aromatic carbocycles. The maximum atomic E-state index is 11.4. The van der Waals surface area contributed by atoms with E-state index in [2.05, 4.69) is 10.4 Å². The Hall–Kier alpha value is -1.88. The lowest BCUT2D eigenvalue weighted by Gasteiger charge is -2.39. The lowest BCUT2D eigenvalue weighted by molar-refractivity contribution is -0.151. The van der Waals surface area contributed by atoms with Crippen molar-refractivity contribution in [3.8, 4) is 0 Å². The third kappa shape index (κ3) is 2.65. The largest absolute Gasteiger partial charge is 0.481 e. The number of rotatable bonds is 5. The van der Waals surface area contributed by atoms with Crippen molar-refractivity contribution in [3.05, 3.63) is 30.0 Å². The van der Waals surface area contributed by atoms with Gasteiger partial charge < -0.3 is 10.4 Å². The van der Waals surface area contributed by atoms with Crippen LogP contribution in [0.25, 0.3) is 10.9 Å². The molecule has 5 heteroatoms. The van der Waals surface area contributed by atoms with E-state index < -0.39 is 16.9 Å². The maximum absolute atomic E-state index is 11.4. The topological polar surface area (TPSA) is 67.2 Å². The van der Waals surface area contributed by atoms with Crippen LogP contribution in [0.15, 0.2) is 24.3 Å². The van der Waals surface area contributed by atoms with Gasteiger partial charge in [-0.15, -0.1) is 0 Å². The molecule has 0 amide bonds. The highest BCUT2D eigenvalue weighted by atomic mass is 16.4. The van der Waals surface area contributed by atoms with E-state index in [-0.39, 0.29) is 0 Å². The number of fused-ring (bicyclic) bond motifs is 1. The second-order valence-electron chi connectivity index (χ2n) is 6.50. The Kier molecular flexibility index (Phi) is 3.80. The monoisotopic (exact) mass is 289 g/mol. The minimum Gasteiger partial charge on any atom is -0.481 e. The van der Waals surface area contributed by atoms with Gasteiger partial charge in [-0.05, 0) is 33.8 Å². The fourth-order valence-corrected chi connectivity index (χ4v) is 2.21. The van der Waals surface area contributed by atoms with Gasteiger partial charge in [-0.2, -0.15) is 5.10 Å². The number of carbonyl (C=O) groups is 1. The molecule has 114 valence electrons. The average Bonchev–Trinajstić information content (AvgIpc) is 2.74. The van der Waals surface area contributed by atoms with Crippen molar-refractivity contribution in [2.45, 2.75) is 39.8 Å². The van der Waals surface area contributed by atoms with Gasteiger partial charge in [-0.25, -0.2) is 0 Å². The molecule has 0 unspecified atom stereocenters. The van der Waals surface area contributed by atoms with Gasteiger partial charge >= 0.3 is 5.97 Å². The van der Waals surface area contributed by atoms with E-state index in [4.69, 9.17) is 0 Å². The summed E-state index contributed by atoms with van der Waals surface area (Å²) >= 11 is 0. The molecule has 0 radical (unpaired) electrons. The van der Waals surface area contributed by atoms with Gasteiger partial charge in [0.1, 0.15) is 0 Å². The van der Waals surface area contributed by atoms with Gasteiger partial charge in [0.2, 0.25) is 0 Å². The molecule has 2 aromatic rings. The lowest BCUT2D eigenvalue weighted by Crippen LogP contribution is -2.54. The summed E-state index contributed by atoms with van der Waals surface area (Å²) in [6.45, 7) is 7.82. The summed E-state index contributed by atoms with van der Waals surface area (Å²) < 4.78 is 1.85. The number of aryl methyl sites for hydroxylation is 1. The molecule has 21 heavy (non-hydrogen) atoms. The minimum atomic E-state index is -0.877. The summed E-state index contributed by atoms with van der Waals surface area (Å²) in [7, 11) is 1.91. The van der Waals surface area contributed by atoms with Gasteiger partial charge in [0.15, 0.2) is 0 Å². The highest BCUT2D eigenvalue weighted by Gasteiger charge is 2.43. The summed E-state index contributed by atoms with van der Waals surface area (Å²) in [5.74, 6) is -0.814. The van der Waals surface area contributed by atoms with Crippen LogP contribution in [-0.2, 0) is 18.4 Å². The third-order valence-electron chi connectivity index (χ3n) is 4.63. The Morgan fingerprint density at radius 3 is 2.52 bits per heavy atom. The summed E-state index contributed by atoms with van der Waals surface area (Å²) in [6, 6.07) is 8.03. The van der Waals surface area contributed by atoms with Gasteiger partial charge in [0.05, 0.1) is 16.6 Å². The Labute approximate surface area is 125 Å². The molecule has 2 N–H and O–H groups in total. The van der Waals surface area contributed by atoms with E-state index >= 15 is 0 Å². The van der Waals surface area contributed by atoms with Gasteiger partial charge in [-0.1, -0.05) is 18.2 Å². The molecule has 0 fully saturated rings. The zero-order valence-electron chi connectivity index (χ0n) is 13.3. The van der Waals surface area contributed by atoms with Crippen molar-refractivity contribution in [3.63, 3.8) is 0 Å². The van der Waals surface area contributed by atoms with Crippen molar-refractivity contribution in [1.29, 1.82) is 0 Å². The van der Waals surface area contributed by atoms with E-state index in [0.29, 0.717) is 6.54 Å². The molecule has 0 aliphatic carbocycles. The van der Waals surface area contributed by atoms with Crippen LogP contribution in [0.5, 0.6) is 0 Å². The van der Waals surface area contributed by atoms with Crippen LogP contribution in [0.4, 0.5) is 0 Å². The number of hydrogen-bond acceptors (Lipinski definition) is 3. The first kappa shape index (κ1) is 15.5. The molecule has 1 aromatic heterocycles. The number of carboxylic acid groups (broad SMARTS) is 1. The molecule has 0 spiro atoms. The number of para-hydroxylation sites is 1. The number of aliphatic carboxylic acids is 1. The molecular formula is C16H23N3O2. The van der Waals surface area contributed by atoms with E-state index in [1.807, 2.05) is 49.8 Å². The van der Waals surface area contributed by atoms with Crippen LogP contribution in [0, 0.1) is 5.41 Å². The molecule has 2 rings (SSSR count). The third-order valence-corrected chi connectivity index (χ3v) is 4.63. The highest BCUT2D eigenvalue weighted by molar-refractivity contribution is 5.81. The first-order valence-corrected chi connectivity index (χ1v) is 7.06. The van der Waals surface area contributed by atoms with Crippen LogP contribution < -0.4 is 5.32 Å². The SMILES string of the molecule is Cn1nc(CNC(C)(C)C(C)(C)C(=O)O)c2ccccc21. The fourth-order valence-electron chi connectivity index (χ4n) is 2.21. The molecule has 0 aliphatic heterocycles. The van der Waals surface area contributed by atoms with Crippen molar-refractivity contribution in [1.82, 2.24) is 15.1 Å². The van der Waals surface area contributed by atoms with Crippen molar-refractivity contribution in [2.24, 2.45) is 12.5 Å². The van der Waals surface area contributed by atoms with E-state index in [9.17, 15) is 9.90 Å². The molecule has 0 saturated carbocycles. The second kappa shape index (κ2) is 5.15. The lowest BCUT2D eigenvalue weighted by atomic mass is 9.74. The highest BCUT2D eigenvalue weighted by Crippen LogP contribution is 2.31. The standard InChI is InChI=1S/C16H23N3O2/c1-15(2,14(20)21)16(3,4)17-10-12-11-8-6-7-9-13(11)19(5)18-12/h6-9,17H,10H2,1-5H3,(H,20,21). The quantitative estimate of drug-likeness (QED) is 0.887. The van der Waals surface area contributed by atoms with Crippen molar-refractivity contribution in [2.75, 3.05) is 0 Å². The summed E-state index contributed by atoms with van der Waals surface area (Å²) in [5.41, 5.74) is 0.571. The molecule has 1 heterocycles. The molecule has 5 nitrogen and oxygen atoms in total. The minimum absolute atomic E-state index is 0.533. The van der Waals surface area contributed by atoms with Gasteiger partial charge in [0, 0.05) is 24.5 Å². The normalized spacial score (nSPS) is 12.8. The van der Waals surface area contributed by atoms with Gasteiger partial charge in [-0.3, -0.25) is 9.48 Å². The second-order valence-corrected chi connectivity index (χ2v) is 6.50. The number of carboxylic acids is 1. The summed E-state index contributed by atoms with van der Waals surface area (Å²) in [6.07, 6.45) is 0. The van der Waals surface area contributed by atoms with Crippen molar-refractivity contribution < 1.29 is 9.90 Å². The number of aromatic nitrogens is 2. The molecule has 0 bridgehead atoms. The molecule has 0 aliphatic rings. The van der Waals surface area contributed by atoms with Crippen LogP contribution >= 0.6 is 0 Å². The Balaban J connectivity index is 2.24. The summed E-state index contributed by atoms with van der Waals surface area (Å²) in [5, 5.41) is 18.4. The summed E-state index contributed by atoms with van der Waals surface area (Å²) in [4.78, 5) is 11.4. The Morgan fingerprint density at radius 2 is 1.90 bits per heavy atom. The first-order valence-electron chi connectivity index (χ1n) is 7.06.